The van der Waals surface area contributed by atoms with Gasteiger partial charge in [-0.3, -0.25) is 0 Å². The van der Waals surface area contributed by atoms with Gasteiger partial charge < -0.3 is 17.3 Å². The van der Waals surface area contributed by atoms with Crippen LogP contribution in [0.3, 0.4) is 0 Å². The molecule has 0 aliphatic rings. The fraction of sp³-hybridized carbons (Fsp3) is 1.00. The third-order valence-electron chi connectivity index (χ3n) is 1.98. The van der Waals surface area contributed by atoms with Gasteiger partial charge in [0.2, 0.25) is 0 Å². The van der Waals surface area contributed by atoms with E-state index in [1.54, 1.807) is 0 Å². The molecule has 0 spiro atoms. The summed E-state index contributed by atoms with van der Waals surface area (Å²) in [5.74, 6) is 4.40. The van der Waals surface area contributed by atoms with Gasteiger partial charge >= 0.3 is 7.25 Å². The summed E-state index contributed by atoms with van der Waals surface area (Å²) in [6.07, 6.45) is 5.63. The highest BCUT2D eigenvalue weighted by Gasteiger charge is 2.20. The lowest BCUT2D eigenvalue weighted by Gasteiger charge is -2.04. The first-order valence-electron chi connectivity index (χ1n) is 5.86. The van der Waals surface area contributed by atoms with E-state index in [0.717, 1.165) is 10.9 Å². The molecule has 0 bridgehead atoms. The molecule has 0 aliphatic heterocycles. The molecule has 0 aromatic carbocycles. The number of halogens is 4. The molecule has 0 saturated heterocycles. The first kappa shape index (κ1) is 18.5. The van der Waals surface area contributed by atoms with Gasteiger partial charge in [0, 0.05) is 0 Å². The van der Waals surface area contributed by atoms with E-state index >= 15 is 0 Å². The first-order valence-corrected chi connectivity index (χ1v) is 7.59. The highest BCUT2D eigenvalue weighted by atomic mass is 32.2. The van der Waals surface area contributed by atoms with Crippen LogP contribution in [0, 0.1) is 0 Å². The van der Waals surface area contributed by atoms with Crippen LogP contribution in [0.1, 0.15) is 46.5 Å². The van der Waals surface area contributed by atoms with E-state index < -0.39 is 7.25 Å². The fourth-order valence-electron chi connectivity index (χ4n) is 1.09. The van der Waals surface area contributed by atoms with Crippen molar-refractivity contribution in [3.8, 4) is 0 Å². The van der Waals surface area contributed by atoms with Crippen molar-refractivity contribution in [1.82, 2.24) is 0 Å². The van der Waals surface area contributed by atoms with Crippen LogP contribution in [-0.2, 0) is 10.9 Å². The molecule has 16 heavy (non-hydrogen) atoms. The van der Waals surface area contributed by atoms with Crippen LogP contribution in [0.5, 0.6) is 0 Å². The average molecular weight is 262 g/mol. The minimum absolute atomic E-state index is 0.769. The molecular formula is C10H23BF4S. The molecule has 0 amide bonds. The maximum atomic E-state index is 9.75. The largest absolute Gasteiger partial charge is 0.673 e. The van der Waals surface area contributed by atoms with Crippen LogP contribution < -0.4 is 0 Å². The monoisotopic (exact) mass is 262 g/mol. The standard InChI is InChI=1S/C10H23S.BF4/c1-4-7-9-11(6-3)10-8-5-2;2-1(3,4)5/h4-10H2,1-3H3;/q+1;-1. The highest BCUT2D eigenvalue weighted by Crippen LogP contribution is 2.06. The molecule has 0 N–H and O–H groups in total. The molecule has 0 aliphatic carbocycles. The molecule has 0 aromatic heterocycles. The number of unbranched alkanes of at least 4 members (excludes halogenated alkanes) is 2. The number of hydrogen-bond acceptors (Lipinski definition) is 0. The zero-order valence-electron chi connectivity index (χ0n) is 10.4. The molecule has 0 aromatic rings. The molecule has 0 nitrogen and oxygen atoms in total. The minimum Gasteiger partial charge on any atom is -0.418 e. The van der Waals surface area contributed by atoms with Gasteiger partial charge in [0.05, 0.1) is 0 Å². The topological polar surface area (TPSA) is 0 Å². The van der Waals surface area contributed by atoms with Gasteiger partial charge in [-0.05, 0) is 30.7 Å². The summed E-state index contributed by atoms with van der Waals surface area (Å²) >= 11 is 0. The van der Waals surface area contributed by atoms with E-state index in [4.69, 9.17) is 0 Å². The Balaban J connectivity index is 0. The van der Waals surface area contributed by atoms with E-state index in [9.17, 15) is 17.3 Å². The second kappa shape index (κ2) is 11.6. The normalized spacial score (nSPS) is 11.2. The predicted molar refractivity (Wildman–Crippen MR) is 67.6 cm³/mol. The molecule has 6 heteroatoms. The highest BCUT2D eigenvalue weighted by molar-refractivity contribution is 7.96. The van der Waals surface area contributed by atoms with Crippen LogP contribution in [0.2, 0.25) is 0 Å². The Kier molecular flexibility index (Phi) is 13.4. The number of rotatable bonds is 7. The minimum atomic E-state index is -6.00. The van der Waals surface area contributed by atoms with Crippen molar-refractivity contribution in [2.24, 2.45) is 0 Å². The van der Waals surface area contributed by atoms with Crippen LogP contribution in [0.4, 0.5) is 17.3 Å². The average Bonchev–Trinajstić information content (AvgIpc) is 2.16. The summed E-state index contributed by atoms with van der Waals surface area (Å²) in [4.78, 5) is 0. The Morgan fingerprint density at radius 1 is 0.812 bits per heavy atom. The van der Waals surface area contributed by atoms with Gasteiger partial charge in [0.25, 0.3) is 0 Å². The van der Waals surface area contributed by atoms with E-state index in [-0.39, 0.29) is 0 Å². The second-order valence-electron chi connectivity index (χ2n) is 3.51. The predicted octanol–water partition coefficient (Wildman–Crippen LogP) is 4.52. The van der Waals surface area contributed by atoms with Crippen molar-refractivity contribution in [1.29, 1.82) is 0 Å². The van der Waals surface area contributed by atoms with Gasteiger partial charge in [-0.2, -0.15) is 0 Å². The summed E-state index contributed by atoms with van der Waals surface area (Å²) in [5.41, 5.74) is 0. The lowest BCUT2D eigenvalue weighted by atomic mass is 10.3. The summed E-state index contributed by atoms with van der Waals surface area (Å²) in [6, 6.07) is 0. The van der Waals surface area contributed by atoms with Gasteiger partial charge in [-0.1, -0.05) is 26.7 Å². The number of hydrogen-bond donors (Lipinski definition) is 0. The Morgan fingerprint density at radius 3 is 1.31 bits per heavy atom. The van der Waals surface area contributed by atoms with Gasteiger partial charge in [-0.25, -0.2) is 0 Å². The molecule has 0 rings (SSSR count). The van der Waals surface area contributed by atoms with Gasteiger partial charge in [0.1, 0.15) is 17.3 Å². The molecule has 0 saturated carbocycles. The third-order valence-corrected chi connectivity index (χ3v) is 4.53. The van der Waals surface area contributed by atoms with E-state index in [1.165, 1.54) is 42.9 Å². The smallest absolute Gasteiger partial charge is 0.418 e. The zero-order valence-corrected chi connectivity index (χ0v) is 11.3. The SMILES string of the molecule is CCCC[S+](CC)CCCC.F[B-](F)(F)F. The maximum absolute atomic E-state index is 9.75. The van der Waals surface area contributed by atoms with Crippen molar-refractivity contribution in [2.75, 3.05) is 17.3 Å². The van der Waals surface area contributed by atoms with Crippen molar-refractivity contribution in [3.63, 3.8) is 0 Å². The van der Waals surface area contributed by atoms with Crippen molar-refractivity contribution < 1.29 is 17.3 Å². The van der Waals surface area contributed by atoms with Crippen LogP contribution in [-0.4, -0.2) is 24.5 Å². The van der Waals surface area contributed by atoms with E-state index in [1.807, 2.05) is 0 Å². The van der Waals surface area contributed by atoms with Crippen molar-refractivity contribution in [3.05, 3.63) is 0 Å². The molecule has 0 heterocycles. The molecule has 0 radical (unpaired) electrons. The Hall–Kier alpha value is 0.135. The van der Waals surface area contributed by atoms with Gasteiger partial charge in [-0.15, -0.1) is 0 Å². The molecule has 0 unspecified atom stereocenters. The van der Waals surface area contributed by atoms with Crippen LogP contribution in [0.25, 0.3) is 0 Å². The summed E-state index contributed by atoms with van der Waals surface area (Å²) < 4.78 is 39.0. The maximum Gasteiger partial charge on any atom is 0.673 e. The Morgan fingerprint density at radius 2 is 1.12 bits per heavy atom. The fourth-order valence-corrected chi connectivity index (χ4v) is 3.26. The van der Waals surface area contributed by atoms with E-state index in [2.05, 4.69) is 20.8 Å². The van der Waals surface area contributed by atoms with Crippen molar-refractivity contribution >= 4 is 18.1 Å². The summed E-state index contributed by atoms with van der Waals surface area (Å²) in [7, 11) is -5.23. The summed E-state index contributed by atoms with van der Waals surface area (Å²) in [5, 5.41) is 0. The quantitative estimate of drug-likeness (QED) is 0.359. The third kappa shape index (κ3) is 23.7. The Bertz CT molecular complexity index is 127. The lowest BCUT2D eigenvalue weighted by Crippen LogP contribution is -2.14. The van der Waals surface area contributed by atoms with Crippen LogP contribution >= 0.6 is 0 Å². The Labute approximate surface area is 99.6 Å². The van der Waals surface area contributed by atoms with Crippen molar-refractivity contribution in [2.45, 2.75) is 46.5 Å². The lowest BCUT2D eigenvalue weighted by molar-refractivity contribution is 0.368. The van der Waals surface area contributed by atoms with Gasteiger partial charge in [0.15, 0.2) is 0 Å². The molecular weight excluding hydrogens is 239 g/mol. The first-order chi connectivity index (χ1) is 7.35. The molecule has 100 valence electrons. The zero-order chi connectivity index (χ0) is 13.0. The summed E-state index contributed by atoms with van der Waals surface area (Å²) in [6.45, 7) is 6.92. The molecule has 0 atom stereocenters. The molecule has 0 fully saturated rings. The van der Waals surface area contributed by atoms with Crippen LogP contribution in [0.15, 0.2) is 0 Å². The second-order valence-corrected chi connectivity index (χ2v) is 6.13. The van der Waals surface area contributed by atoms with E-state index in [0.29, 0.717) is 0 Å².